The second-order valence-corrected chi connectivity index (χ2v) is 7.04. The summed E-state index contributed by atoms with van der Waals surface area (Å²) in [5.41, 5.74) is 3.06. The zero-order valence-electron chi connectivity index (χ0n) is 15.0. The molecule has 1 amide bonds. The van der Waals surface area contributed by atoms with Crippen molar-refractivity contribution in [3.05, 3.63) is 51.8 Å². The van der Waals surface area contributed by atoms with Gasteiger partial charge in [-0.1, -0.05) is 12.1 Å². The minimum atomic E-state index is -0.410. The van der Waals surface area contributed by atoms with E-state index in [-0.39, 0.29) is 5.91 Å². The number of H-pyrrole nitrogens is 1. The number of hydrogen-bond acceptors (Lipinski definition) is 5. The third kappa shape index (κ3) is 3.62. The van der Waals surface area contributed by atoms with E-state index in [0.717, 1.165) is 15.2 Å². The Hall–Kier alpha value is -2.67. The first-order valence-electron chi connectivity index (χ1n) is 8.50. The number of nitrogens with one attached hydrogen (secondary N) is 2. The van der Waals surface area contributed by atoms with Crippen molar-refractivity contribution in [2.75, 3.05) is 13.2 Å². The number of para-hydroxylation sites is 1. The van der Waals surface area contributed by atoms with Gasteiger partial charge in [0.2, 0.25) is 0 Å². The molecule has 3 aromatic rings. The number of thiazole rings is 1. The van der Waals surface area contributed by atoms with Crippen molar-refractivity contribution in [1.82, 2.24) is 15.3 Å². The Bertz CT molecular complexity index is 925. The van der Waals surface area contributed by atoms with Crippen molar-refractivity contribution in [2.24, 2.45) is 0 Å². The van der Waals surface area contributed by atoms with Gasteiger partial charge in [0, 0.05) is 18.7 Å². The fourth-order valence-corrected chi connectivity index (χ4v) is 3.85. The second-order valence-electron chi connectivity index (χ2n) is 5.93. The lowest BCUT2D eigenvalue weighted by Crippen LogP contribution is -2.26. The standard InChI is InChI=1S/C19H21N3O3S/c1-4-25-19(24)16-11(2)17(21-12(16)3)18(23)20-10-9-15-22-13-7-5-6-8-14(13)26-15/h5-8,21H,4,9-10H2,1-3H3,(H,20,23). The minimum absolute atomic E-state index is 0.234. The van der Waals surface area contributed by atoms with Gasteiger partial charge in [-0.25, -0.2) is 9.78 Å². The Morgan fingerprint density at radius 2 is 2.04 bits per heavy atom. The highest BCUT2D eigenvalue weighted by atomic mass is 32.1. The van der Waals surface area contributed by atoms with Gasteiger partial charge in [0.15, 0.2) is 0 Å². The number of amides is 1. The Kier molecular flexibility index (Phi) is 5.37. The lowest BCUT2D eigenvalue weighted by atomic mass is 10.1. The molecule has 0 atom stereocenters. The van der Waals surface area contributed by atoms with E-state index in [0.29, 0.717) is 42.1 Å². The molecular formula is C19H21N3O3S. The molecule has 26 heavy (non-hydrogen) atoms. The van der Waals surface area contributed by atoms with Crippen LogP contribution in [0.15, 0.2) is 24.3 Å². The third-order valence-corrected chi connectivity index (χ3v) is 5.20. The molecule has 0 unspecified atom stereocenters. The van der Waals surface area contributed by atoms with Gasteiger partial charge in [-0.2, -0.15) is 0 Å². The molecule has 1 aromatic carbocycles. The van der Waals surface area contributed by atoms with Crippen LogP contribution in [-0.4, -0.2) is 35.0 Å². The minimum Gasteiger partial charge on any atom is -0.462 e. The zero-order chi connectivity index (χ0) is 18.7. The molecule has 0 saturated carbocycles. The van der Waals surface area contributed by atoms with E-state index < -0.39 is 5.97 Å². The van der Waals surface area contributed by atoms with E-state index in [1.165, 1.54) is 0 Å². The molecule has 0 spiro atoms. The summed E-state index contributed by atoms with van der Waals surface area (Å²) in [5, 5.41) is 3.87. The molecule has 0 bridgehead atoms. The van der Waals surface area contributed by atoms with Crippen LogP contribution in [-0.2, 0) is 11.2 Å². The van der Waals surface area contributed by atoms with E-state index in [2.05, 4.69) is 15.3 Å². The summed E-state index contributed by atoms with van der Waals surface area (Å²) < 4.78 is 6.20. The number of fused-ring (bicyclic) bond motifs is 1. The SMILES string of the molecule is CCOC(=O)c1c(C)[nH]c(C(=O)NCCc2nc3ccccc3s2)c1C. The van der Waals surface area contributed by atoms with E-state index in [4.69, 9.17) is 4.74 Å². The number of esters is 1. The number of ether oxygens (including phenoxy) is 1. The number of aromatic amines is 1. The predicted molar refractivity (Wildman–Crippen MR) is 102 cm³/mol. The summed E-state index contributed by atoms with van der Waals surface area (Å²) in [6.07, 6.45) is 0.661. The number of rotatable bonds is 6. The Labute approximate surface area is 155 Å². The molecule has 0 radical (unpaired) electrons. The quantitative estimate of drug-likeness (QED) is 0.651. The van der Waals surface area contributed by atoms with E-state index in [1.807, 2.05) is 24.3 Å². The highest BCUT2D eigenvalue weighted by Gasteiger charge is 2.22. The zero-order valence-corrected chi connectivity index (χ0v) is 15.8. The van der Waals surface area contributed by atoms with Crippen LogP contribution in [0.3, 0.4) is 0 Å². The lowest BCUT2D eigenvalue weighted by Gasteiger charge is -2.04. The van der Waals surface area contributed by atoms with E-state index in [9.17, 15) is 9.59 Å². The number of nitrogens with zero attached hydrogens (tertiary/aromatic N) is 1. The van der Waals surface area contributed by atoms with Crippen molar-refractivity contribution < 1.29 is 14.3 Å². The van der Waals surface area contributed by atoms with Crippen molar-refractivity contribution in [1.29, 1.82) is 0 Å². The molecule has 3 rings (SSSR count). The average Bonchev–Trinajstić information content (AvgIpc) is 3.15. The topological polar surface area (TPSA) is 84.1 Å². The highest BCUT2D eigenvalue weighted by molar-refractivity contribution is 7.18. The molecule has 0 aliphatic rings. The molecule has 2 aromatic heterocycles. The van der Waals surface area contributed by atoms with Crippen molar-refractivity contribution in [2.45, 2.75) is 27.2 Å². The van der Waals surface area contributed by atoms with Crippen molar-refractivity contribution in [3.63, 3.8) is 0 Å². The molecule has 0 fully saturated rings. The fourth-order valence-electron chi connectivity index (χ4n) is 2.88. The molecule has 0 aliphatic carbocycles. The van der Waals surface area contributed by atoms with Crippen LogP contribution in [0.2, 0.25) is 0 Å². The Morgan fingerprint density at radius 1 is 1.27 bits per heavy atom. The lowest BCUT2D eigenvalue weighted by molar-refractivity contribution is 0.0525. The van der Waals surface area contributed by atoms with Crippen molar-refractivity contribution in [3.8, 4) is 0 Å². The van der Waals surface area contributed by atoms with Gasteiger partial charge < -0.3 is 15.0 Å². The van der Waals surface area contributed by atoms with Gasteiger partial charge in [-0.3, -0.25) is 4.79 Å². The average molecular weight is 371 g/mol. The van der Waals surface area contributed by atoms with Crippen LogP contribution < -0.4 is 5.32 Å². The van der Waals surface area contributed by atoms with Crippen molar-refractivity contribution >= 4 is 33.4 Å². The number of aromatic nitrogens is 2. The molecule has 136 valence electrons. The molecule has 0 aliphatic heterocycles. The molecule has 0 saturated heterocycles. The van der Waals surface area contributed by atoms with Crippen LogP contribution in [0.5, 0.6) is 0 Å². The summed E-state index contributed by atoms with van der Waals surface area (Å²) in [5.74, 6) is -0.644. The van der Waals surface area contributed by atoms with Crippen LogP contribution in [0, 0.1) is 13.8 Å². The molecule has 7 heteroatoms. The number of hydrogen-bond donors (Lipinski definition) is 2. The Balaban J connectivity index is 1.65. The number of carbonyl (C=O) groups excluding carboxylic acids is 2. The summed E-state index contributed by atoms with van der Waals surface area (Å²) >= 11 is 1.63. The van der Waals surface area contributed by atoms with Gasteiger partial charge in [-0.05, 0) is 38.5 Å². The summed E-state index contributed by atoms with van der Waals surface area (Å²) in [4.78, 5) is 32.0. The predicted octanol–water partition coefficient (Wildman–Crippen LogP) is 3.39. The first kappa shape index (κ1) is 18.1. The van der Waals surface area contributed by atoms with Gasteiger partial charge in [-0.15, -0.1) is 11.3 Å². The maximum absolute atomic E-state index is 12.5. The van der Waals surface area contributed by atoms with Gasteiger partial charge in [0.25, 0.3) is 5.91 Å². The van der Waals surface area contributed by atoms with Crippen LogP contribution >= 0.6 is 11.3 Å². The smallest absolute Gasteiger partial charge is 0.340 e. The second kappa shape index (κ2) is 7.70. The summed E-state index contributed by atoms with van der Waals surface area (Å²) in [6, 6.07) is 7.97. The van der Waals surface area contributed by atoms with E-state index in [1.54, 1.807) is 32.1 Å². The van der Waals surface area contributed by atoms with Crippen LogP contribution in [0.1, 0.15) is 44.0 Å². The Morgan fingerprint density at radius 3 is 2.77 bits per heavy atom. The molecule has 2 heterocycles. The summed E-state index contributed by atoms with van der Waals surface area (Å²) in [7, 11) is 0. The normalized spacial score (nSPS) is 10.9. The highest BCUT2D eigenvalue weighted by Crippen LogP contribution is 2.22. The number of aryl methyl sites for hydroxylation is 1. The largest absolute Gasteiger partial charge is 0.462 e. The maximum Gasteiger partial charge on any atom is 0.340 e. The maximum atomic E-state index is 12.5. The molecule has 2 N–H and O–H groups in total. The summed E-state index contributed by atoms with van der Waals surface area (Å²) in [6.45, 7) is 6.04. The number of carbonyl (C=O) groups is 2. The van der Waals surface area contributed by atoms with Crippen LogP contribution in [0.25, 0.3) is 10.2 Å². The monoisotopic (exact) mass is 371 g/mol. The van der Waals surface area contributed by atoms with E-state index >= 15 is 0 Å². The molecular weight excluding hydrogens is 350 g/mol. The third-order valence-electron chi connectivity index (χ3n) is 4.11. The first-order valence-corrected chi connectivity index (χ1v) is 9.31. The van der Waals surface area contributed by atoms with Gasteiger partial charge >= 0.3 is 5.97 Å². The number of benzene rings is 1. The fraction of sp³-hybridized carbons (Fsp3) is 0.316. The van der Waals surface area contributed by atoms with Gasteiger partial charge in [0.1, 0.15) is 5.69 Å². The first-order chi connectivity index (χ1) is 12.5. The van der Waals surface area contributed by atoms with Crippen LogP contribution in [0.4, 0.5) is 0 Å². The van der Waals surface area contributed by atoms with Gasteiger partial charge in [0.05, 0.1) is 27.4 Å². The molecule has 6 nitrogen and oxygen atoms in total.